The van der Waals surface area contributed by atoms with E-state index >= 15 is 0 Å². The van der Waals surface area contributed by atoms with Gasteiger partial charge in [0, 0.05) is 6.20 Å². The second-order valence-corrected chi connectivity index (χ2v) is 4.92. The Kier molecular flexibility index (Phi) is 3.53. The fraction of sp³-hybridized carbons (Fsp3) is 0.143. The summed E-state index contributed by atoms with van der Waals surface area (Å²) in [7, 11) is 0. The molecule has 7 heteroatoms. The first-order chi connectivity index (χ1) is 10.1. The second-order valence-electron chi connectivity index (χ2n) is 4.53. The smallest absolute Gasteiger partial charge is 0.272 e. The quantitative estimate of drug-likeness (QED) is 0.805. The summed E-state index contributed by atoms with van der Waals surface area (Å²) in [6.07, 6.45) is 3.23. The summed E-state index contributed by atoms with van der Waals surface area (Å²) in [5.74, 6) is -0.283. The van der Waals surface area contributed by atoms with Crippen molar-refractivity contribution in [3.63, 3.8) is 0 Å². The van der Waals surface area contributed by atoms with E-state index in [9.17, 15) is 4.79 Å². The van der Waals surface area contributed by atoms with Crippen molar-refractivity contribution in [2.45, 2.75) is 13.0 Å². The van der Waals surface area contributed by atoms with E-state index in [0.717, 1.165) is 5.69 Å². The lowest BCUT2D eigenvalue weighted by molar-refractivity contribution is 0.0934. The van der Waals surface area contributed by atoms with Crippen LogP contribution in [0.5, 0.6) is 0 Å². The fourth-order valence-corrected chi connectivity index (χ4v) is 2.09. The Labute approximate surface area is 125 Å². The zero-order chi connectivity index (χ0) is 14.8. The van der Waals surface area contributed by atoms with Crippen molar-refractivity contribution >= 4 is 23.2 Å². The van der Waals surface area contributed by atoms with Gasteiger partial charge in [0.25, 0.3) is 5.91 Å². The number of hydrogen-bond acceptors (Lipinski definition) is 4. The van der Waals surface area contributed by atoms with Crippen molar-refractivity contribution in [2.75, 3.05) is 0 Å². The molecule has 0 saturated heterocycles. The van der Waals surface area contributed by atoms with Crippen LogP contribution in [0.25, 0.3) is 5.65 Å². The zero-order valence-electron chi connectivity index (χ0n) is 11.2. The number of hydrogen-bond donors (Lipinski definition) is 1. The van der Waals surface area contributed by atoms with Gasteiger partial charge in [-0.05, 0) is 31.2 Å². The van der Waals surface area contributed by atoms with Crippen LogP contribution in [0, 0.1) is 0 Å². The van der Waals surface area contributed by atoms with Crippen molar-refractivity contribution in [2.24, 2.45) is 0 Å². The van der Waals surface area contributed by atoms with Crippen LogP contribution >= 0.6 is 11.6 Å². The van der Waals surface area contributed by atoms with Crippen LogP contribution in [0.2, 0.25) is 5.15 Å². The van der Waals surface area contributed by atoms with E-state index in [4.69, 9.17) is 11.6 Å². The van der Waals surface area contributed by atoms with Gasteiger partial charge in [0.2, 0.25) is 0 Å². The molecule has 3 rings (SSSR count). The highest BCUT2D eigenvalue weighted by atomic mass is 35.5. The highest BCUT2D eigenvalue weighted by molar-refractivity contribution is 6.29. The van der Waals surface area contributed by atoms with Gasteiger partial charge in [0.05, 0.1) is 17.9 Å². The highest BCUT2D eigenvalue weighted by Crippen LogP contribution is 2.11. The first-order valence-electron chi connectivity index (χ1n) is 6.37. The molecule has 1 N–H and O–H groups in total. The van der Waals surface area contributed by atoms with E-state index in [1.165, 1.54) is 4.52 Å². The van der Waals surface area contributed by atoms with E-state index in [-0.39, 0.29) is 17.6 Å². The average molecular weight is 302 g/mol. The number of nitrogens with zero attached hydrogens (tertiary/aromatic N) is 4. The number of halogens is 1. The van der Waals surface area contributed by atoms with E-state index in [0.29, 0.717) is 10.8 Å². The van der Waals surface area contributed by atoms with E-state index in [2.05, 4.69) is 20.4 Å². The molecule has 1 amide bonds. The Morgan fingerprint density at radius 1 is 1.33 bits per heavy atom. The van der Waals surface area contributed by atoms with Gasteiger partial charge < -0.3 is 5.32 Å². The predicted octanol–water partition coefficient (Wildman–Crippen LogP) is 2.27. The Hall–Kier alpha value is -2.47. The Balaban J connectivity index is 1.80. The lowest BCUT2D eigenvalue weighted by Crippen LogP contribution is -2.27. The third-order valence-corrected chi connectivity index (χ3v) is 3.20. The number of rotatable bonds is 3. The molecular formula is C14H12ClN5O. The number of amides is 1. The van der Waals surface area contributed by atoms with Gasteiger partial charge in [-0.2, -0.15) is 5.10 Å². The van der Waals surface area contributed by atoms with Gasteiger partial charge in [0.15, 0.2) is 5.65 Å². The molecule has 3 aromatic heterocycles. The molecule has 0 aliphatic carbocycles. The Bertz CT molecular complexity index is 786. The molecule has 106 valence electrons. The number of imidazole rings is 1. The monoisotopic (exact) mass is 301 g/mol. The lowest BCUT2D eigenvalue weighted by Gasteiger charge is -2.11. The largest absolute Gasteiger partial charge is 0.343 e. The van der Waals surface area contributed by atoms with Crippen LogP contribution in [0.15, 0.2) is 42.7 Å². The van der Waals surface area contributed by atoms with E-state index in [1.807, 2.05) is 25.1 Å². The molecule has 0 unspecified atom stereocenters. The molecule has 21 heavy (non-hydrogen) atoms. The highest BCUT2D eigenvalue weighted by Gasteiger charge is 2.15. The van der Waals surface area contributed by atoms with Crippen molar-refractivity contribution in [3.05, 3.63) is 59.3 Å². The summed E-state index contributed by atoms with van der Waals surface area (Å²) in [5, 5.41) is 7.23. The van der Waals surface area contributed by atoms with Crippen LogP contribution in [0.1, 0.15) is 29.1 Å². The molecule has 0 aliphatic heterocycles. The average Bonchev–Trinajstić information content (AvgIpc) is 2.91. The number of fused-ring (bicyclic) bond motifs is 1. The molecule has 3 aromatic rings. The van der Waals surface area contributed by atoms with Gasteiger partial charge in [-0.15, -0.1) is 0 Å². The molecule has 0 aliphatic rings. The zero-order valence-corrected chi connectivity index (χ0v) is 11.9. The minimum Gasteiger partial charge on any atom is -0.343 e. The van der Waals surface area contributed by atoms with Crippen molar-refractivity contribution in [3.8, 4) is 0 Å². The molecule has 0 aromatic carbocycles. The number of nitrogens with one attached hydrogen (secondary N) is 1. The molecule has 0 fully saturated rings. The Morgan fingerprint density at radius 3 is 2.95 bits per heavy atom. The summed E-state index contributed by atoms with van der Waals surface area (Å²) in [6, 6.07) is 8.68. The topological polar surface area (TPSA) is 72.2 Å². The van der Waals surface area contributed by atoms with Crippen LogP contribution in [-0.4, -0.2) is 25.5 Å². The molecule has 0 saturated carbocycles. The minimum atomic E-state index is -0.283. The molecule has 0 bridgehead atoms. The number of carbonyl (C=O) groups is 1. The molecule has 0 spiro atoms. The first-order valence-corrected chi connectivity index (χ1v) is 6.75. The van der Waals surface area contributed by atoms with Gasteiger partial charge in [0.1, 0.15) is 10.8 Å². The van der Waals surface area contributed by atoms with Crippen molar-refractivity contribution in [1.82, 2.24) is 24.9 Å². The summed E-state index contributed by atoms with van der Waals surface area (Å²) in [5.41, 5.74) is 1.64. The second kappa shape index (κ2) is 5.49. The summed E-state index contributed by atoms with van der Waals surface area (Å²) in [4.78, 5) is 20.6. The SMILES string of the molecule is C[C@H](NC(=O)c1cn2nc(Cl)ccc2n1)c1ccccn1. The van der Waals surface area contributed by atoms with Crippen LogP contribution < -0.4 is 5.32 Å². The third kappa shape index (κ3) is 2.85. The normalized spacial score (nSPS) is 12.3. The number of pyridine rings is 1. The van der Waals surface area contributed by atoms with Gasteiger partial charge in [-0.25, -0.2) is 9.50 Å². The maximum Gasteiger partial charge on any atom is 0.272 e. The summed E-state index contributed by atoms with van der Waals surface area (Å²) >= 11 is 5.80. The first kappa shape index (κ1) is 13.5. The van der Waals surface area contributed by atoms with Crippen LogP contribution in [-0.2, 0) is 0 Å². The summed E-state index contributed by atoms with van der Waals surface area (Å²) < 4.78 is 1.47. The maximum atomic E-state index is 12.2. The number of aromatic nitrogens is 4. The van der Waals surface area contributed by atoms with Gasteiger partial charge in [-0.1, -0.05) is 17.7 Å². The van der Waals surface area contributed by atoms with Gasteiger partial charge >= 0.3 is 0 Å². The molecule has 0 radical (unpaired) electrons. The standard InChI is InChI=1S/C14H12ClN5O/c1-9(10-4-2-3-7-16-10)17-14(21)11-8-20-13(18-11)6-5-12(15)19-20/h2-9H,1H3,(H,17,21)/t9-/m0/s1. The van der Waals surface area contributed by atoms with Crippen LogP contribution in [0.4, 0.5) is 0 Å². The molecule has 1 atom stereocenters. The lowest BCUT2D eigenvalue weighted by atomic mass is 10.2. The van der Waals surface area contributed by atoms with Crippen LogP contribution in [0.3, 0.4) is 0 Å². The summed E-state index contributed by atoms with van der Waals surface area (Å²) in [6.45, 7) is 1.87. The molecular weight excluding hydrogens is 290 g/mol. The molecule has 3 heterocycles. The van der Waals surface area contributed by atoms with Crippen molar-refractivity contribution in [1.29, 1.82) is 0 Å². The fourth-order valence-electron chi connectivity index (χ4n) is 1.94. The molecule has 6 nitrogen and oxygen atoms in total. The van der Waals surface area contributed by atoms with Gasteiger partial charge in [-0.3, -0.25) is 9.78 Å². The Morgan fingerprint density at radius 2 is 2.19 bits per heavy atom. The van der Waals surface area contributed by atoms with Crippen molar-refractivity contribution < 1.29 is 4.79 Å². The number of carbonyl (C=O) groups excluding carboxylic acids is 1. The maximum absolute atomic E-state index is 12.2. The predicted molar refractivity (Wildman–Crippen MR) is 78.1 cm³/mol. The third-order valence-electron chi connectivity index (χ3n) is 3.00. The minimum absolute atomic E-state index is 0.208. The van der Waals surface area contributed by atoms with E-state index < -0.39 is 0 Å². The van der Waals surface area contributed by atoms with E-state index in [1.54, 1.807) is 24.5 Å².